The van der Waals surface area contributed by atoms with Crippen LogP contribution in [0.4, 0.5) is 4.39 Å². The first kappa shape index (κ1) is 15.5. The summed E-state index contributed by atoms with van der Waals surface area (Å²) < 4.78 is 17.8. The van der Waals surface area contributed by atoms with Gasteiger partial charge in [0.15, 0.2) is 18.1 Å². The molecular weight excluding hydrogens is 315 g/mol. The predicted molar refractivity (Wildman–Crippen MR) is 83.4 cm³/mol. The minimum atomic E-state index is -0.835. The Kier molecular flexibility index (Phi) is 4.15. The number of nitrogens with zero attached hydrogens (tertiary/aromatic N) is 1. The Morgan fingerprint density at radius 1 is 1.04 bits per heavy atom. The molecule has 24 heavy (non-hydrogen) atoms. The molecule has 0 bridgehead atoms. The van der Waals surface area contributed by atoms with Crippen molar-refractivity contribution in [1.82, 2.24) is 10.2 Å². The lowest BCUT2D eigenvalue weighted by Gasteiger charge is -2.06. The lowest BCUT2D eigenvalue weighted by atomic mass is 10.1. The molecule has 0 unspecified atom stereocenters. The summed E-state index contributed by atoms with van der Waals surface area (Å²) in [6.07, 6.45) is 0. The molecule has 0 spiro atoms. The van der Waals surface area contributed by atoms with E-state index in [1.807, 2.05) is 0 Å². The topological polar surface area (TPSA) is 89.1 Å². The SMILES string of the molecule is O=C(COC(=O)c1n[nH]c(=O)c2ccccc12)c1ccc(F)cc1. The van der Waals surface area contributed by atoms with E-state index in [1.54, 1.807) is 24.3 Å². The van der Waals surface area contributed by atoms with Crippen LogP contribution in [-0.2, 0) is 4.74 Å². The molecule has 0 atom stereocenters. The van der Waals surface area contributed by atoms with Crippen molar-refractivity contribution in [3.05, 3.63) is 76.0 Å². The minimum Gasteiger partial charge on any atom is -0.452 e. The summed E-state index contributed by atoms with van der Waals surface area (Å²) in [5.74, 6) is -1.78. The molecule has 0 amide bonds. The van der Waals surface area contributed by atoms with Gasteiger partial charge in [0.05, 0.1) is 5.39 Å². The van der Waals surface area contributed by atoms with Crippen LogP contribution >= 0.6 is 0 Å². The fourth-order valence-corrected chi connectivity index (χ4v) is 2.19. The number of benzene rings is 2. The van der Waals surface area contributed by atoms with E-state index in [9.17, 15) is 18.8 Å². The molecule has 120 valence electrons. The first-order chi connectivity index (χ1) is 11.6. The maximum absolute atomic E-state index is 12.8. The van der Waals surface area contributed by atoms with Gasteiger partial charge in [-0.05, 0) is 30.3 Å². The van der Waals surface area contributed by atoms with Crippen molar-refractivity contribution < 1.29 is 18.7 Å². The van der Waals surface area contributed by atoms with Crippen molar-refractivity contribution in [3.63, 3.8) is 0 Å². The number of carbonyl (C=O) groups excluding carboxylic acids is 2. The van der Waals surface area contributed by atoms with Crippen LogP contribution in [0, 0.1) is 5.82 Å². The third-order valence-corrected chi connectivity index (χ3v) is 3.39. The molecule has 0 fully saturated rings. The van der Waals surface area contributed by atoms with Crippen molar-refractivity contribution in [3.8, 4) is 0 Å². The average molecular weight is 326 g/mol. The molecule has 6 nitrogen and oxygen atoms in total. The maximum atomic E-state index is 12.8. The second-order valence-electron chi connectivity index (χ2n) is 4.95. The van der Waals surface area contributed by atoms with Gasteiger partial charge >= 0.3 is 5.97 Å². The van der Waals surface area contributed by atoms with E-state index < -0.39 is 29.7 Å². The number of ketones is 1. The summed E-state index contributed by atoms with van der Waals surface area (Å²) in [6.45, 7) is -0.514. The van der Waals surface area contributed by atoms with Crippen molar-refractivity contribution in [2.24, 2.45) is 0 Å². The lowest BCUT2D eigenvalue weighted by molar-refractivity contribution is 0.0470. The van der Waals surface area contributed by atoms with Crippen molar-refractivity contribution >= 4 is 22.5 Å². The summed E-state index contributed by atoms with van der Waals surface area (Å²) in [5.41, 5.74) is -0.287. The lowest BCUT2D eigenvalue weighted by Crippen LogP contribution is -2.19. The van der Waals surface area contributed by atoms with E-state index in [0.717, 1.165) is 12.1 Å². The van der Waals surface area contributed by atoms with Crippen LogP contribution in [-0.4, -0.2) is 28.6 Å². The first-order valence-electron chi connectivity index (χ1n) is 6.99. The molecule has 0 saturated carbocycles. The van der Waals surface area contributed by atoms with Gasteiger partial charge in [0.1, 0.15) is 5.82 Å². The van der Waals surface area contributed by atoms with Gasteiger partial charge in [-0.3, -0.25) is 9.59 Å². The summed E-state index contributed by atoms with van der Waals surface area (Å²) in [6, 6.07) is 11.3. The molecule has 3 aromatic rings. The van der Waals surface area contributed by atoms with E-state index in [1.165, 1.54) is 12.1 Å². The number of esters is 1. The van der Waals surface area contributed by atoms with Gasteiger partial charge in [-0.15, -0.1) is 0 Å². The number of fused-ring (bicyclic) bond motifs is 1. The van der Waals surface area contributed by atoms with Crippen LogP contribution in [0.5, 0.6) is 0 Å². The zero-order chi connectivity index (χ0) is 17.1. The number of rotatable bonds is 4. The summed E-state index contributed by atoms with van der Waals surface area (Å²) in [7, 11) is 0. The van der Waals surface area contributed by atoms with Gasteiger partial charge < -0.3 is 4.74 Å². The van der Waals surface area contributed by atoms with E-state index in [2.05, 4.69) is 10.2 Å². The number of aromatic amines is 1. The van der Waals surface area contributed by atoms with Crippen LogP contribution in [0.25, 0.3) is 10.8 Å². The van der Waals surface area contributed by atoms with Gasteiger partial charge in [0.2, 0.25) is 0 Å². The Morgan fingerprint density at radius 3 is 2.42 bits per heavy atom. The van der Waals surface area contributed by atoms with Gasteiger partial charge in [0.25, 0.3) is 5.56 Å². The molecule has 0 aliphatic heterocycles. The molecule has 1 heterocycles. The highest BCUT2D eigenvalue weighted by Gasteiger charge is 2.17. The number of carbonyl (C=O) groups is 2. The van der Waals surface area contributed by atoms with Gasteiger partial charge in [-0.2, -0.15) is 5.10 Å². The number of nitrogens with one attached hydrogen (secondary N) is 1. The Balaban J connectivity index is 1.78. The van der Waals surface area contributed by atoms with E-state index in [4.69, 9.17) is 4.74 Å². The highest BCUT2D eigenvalue weighted by atomic mass is 19.1. The quantitative estimate of drug-likeness (QED) is 0.586. The number of H-pyrrole nitrogens is 1. The third-order valence-electron chi connectivity index (χ3n) is 3.39. The highest BCUT2D eigenvalue weighted by Crippen LogP contribution is 2.13. The molecule has 0 saturated heterocycles. The smallest absolute Gasteiger partial charge is 0.359 e. The second kappa shape index (κ2) is 6.41. The van der Waals surface area contributed by atoms with Crippen LogP contribution in [0.1, 0.15) is 20.8 Å². The molecule has 7 heteroatoms. The molecule has 0 radical (unpaired) electrons. The van der Waals surface area contributed by atoms with Gasteiger partial charge in [-0.25, -0.2) is 14.3 Å². The van der Waals surface area contributed by atoms with Crippen molar-refractivity contribution in [1.29, 1.82) is 0 Å². The standard InChI is InChI=1S/C17H11FN2O4/c18-11-7-5-10(6-8-11)14(21)9-24-17(23)15-12-3-1-2-4-13(12)16(22)20-19-15/h1-8H,9H2,(H,20,22). The summed E-state index contributed by atoms with van der Waals surface area (Å²) in [4.78, 5) is 35.7. The number of aromatic nitrogens is 2. The highest BCUT2D eigenvalue weighted by molar-refractivity contribution is 6.04. The van der Waals surface area contributed by atoms with Crippen molar-refractivity contribution in [2.75, 3.05) is 6.61 Å². The van der Waals surface area contributed by atoms with E-state index >= 15 is 0 Å². The van der Waals surface area contributed by atoms with E-state index in [-0.39, 0.29) is 11.3 Å². The van der Waals surface area contributed by atoms with Gasteiger partial charge in [-0.1, -0.05) is 18.2 Å². The number of hydrogen-bond acceptors (Lipinski definition) is 5. The Hall–Kier alpha value is -3.35. The molecule has 1 N–H and O–H groups in total. The Morgan fingerprint density at radius 2 is 1.71 bits per heavy atom. The normalized spacial score (nSPS) is 10.5. The van der Waals surface area contributed by atoms with Crippen LogP contribution in [0.3, 0.4) is 0 Å². The minimum absolute atomic E-state index is 0.0860. The van der Waals surface area contributed by atoms with Crippen molar-refractivity contribution in [2.45, 2.75) is 0 Å². The molecule has 3 rings (SSSR count). The first-order valence-corrected chi connectivity index (χ1v) is 6.99. The zero-order valence-corrected chi connectivity index (χ0v) is 12.3. The number of Topliss-reactive ketones (excluding diaryl/α,β-unsaturated/α-hetero) is 1. The Bertz CT molecular complexity index is 980. The summed E-state index contributed by atoms with van der Waals surface area (Å²) >= 11 is 0. The fourth-order valence-electron chi connectivity index (χ4n) is 2.19. The summed E-state index contributed by atoms with van der Waals surface area (Å²) in [5, 5.41) is 6.54. The number of hydrogen-bond donors (Lipinski definition) is 1. The molecule has 0 aliphatic rings. The van der Waals surface area contributed by atoms with Crippen LogP contribution in [0.2, 0.25) is 0 Å². The largest absolute Gasteiger partial charge is 0.452 e. The molecule has 1 aromatic heterocycles. The monoisotopic (exact) mass is 326 g/mol. The molecule has 0 aliphatic carbocycles. The third kappa shape index (κ3) is 3.05. The van der Waals surface area contributed by atoms with Crippen LogP contribution < -0.4 is 5.56 Å². The number of ether oxygens (including phenoxy) is 1. The van der Waals surface area contributed by atoms with Crippen LogP contribution in [0.15, 0.2) is 53.3 Å². The van der Waals surface area contributed by atoms with Gasteiger partial charge in [0, 0.05) is 10.9 Å². The fraction of sp³-hybridized carbons (Fsp3) is 0.0588. The Labute approximate surface area is 134 Å². The second-order valence-corrected chi connectivity index (χ2v) is 4.95. The average Bonchev–Trinajstić information content (AvgIpc) is 2.60. The maximum Gasteiger partial charge on any atom is 0.359 e. The van der Waals surface area contributed by atoms with E-state index in [0.29, 0.717) is 10.8 Å². The predicted octanol–water partition coefficient (Wildman–Crippen LogP) is 2.10. The number of halogens is 1. The molecule has 2 aromatic carbocycles. The zero-order valence-electron chi connectivity index (χ0n) is 12.3. The molecular formula is C17H11FN2O4.